The van der Waals surface area contributed by atoms with E-state index in [0.717, 1.165) is 11.1 Å². The number of likely N-dealkylation sites (tertiary alicyclic amines) is 1. The lowest BCUT2D eigenvalue weighted by Gasteiger charge is -2.26. The molecule has 1 heterocycles. The minimum absolute atomic E-state index is 0.0118. The maximum absolute atomic E-state index is 13.2. The minimum atomic E-state index is -0.753. The van der Waals surface area contributed by atoms with Gasteiger partial charge in [-0.25, -0.2) is 0 Å². The molecule has 1 N–H and O–H groups in total. The van der Waals surface area contributed by atoms with E-state index in [-0.39, 0.29) is 36.5 Å². The Kier molecular flexibility index (Phi) is 8.05. The van der Waals surface area contributed by atoms with Crippen LogP contribution in [0, 0.1) is 6.92 Å². The molecule has 6 nitrogen and oxygen atoms in total. The first-order valence-electron chi connectivity index (χ1n) is 11.4. The molecule has 34 heavy (non-hydrogen) atoms. The highest BCUT2D eigenvalue weighted by molar-refractivity contribution is 6.46. The number of carbonyl (C=O) groups is 2. The lowest BCUT2D eigenvalue weighted by atomic mass is 9.91. The summed E-state index contributed by atoms with van der Waals surface area (Å²) in [5.41, 5.74) is 2.88. The van der Waals surface area contributed by atoms with Crippen LogP contribution in [0.15, 0.2) is 42.0 Å². The van der Waals surface area contributed by atoms with Gasteiger partial charge in [0.1, 0.15) is 11.5 Å². The molecule has 0 spiro atoms. The van der Waals surface area contributed by atoms with Gasteiger partial charge >= 0.3 is 0 Å². The van der Waals surface area contributed by atoms with Crippen LogP contribution in [0.5, 0.6) is 5.75 Å². The van der Waals surface area contributed by atoms with E-state index in [9.17, 15) is 14.7 Å². The van der Waals surface area contributed by atoms with Crippen molar-refractivity contribution in [2.24, 2.45) is 0 Å². The Bertz CT molecular complexity index is 1100. The van der Waals surface area contributed by atoms with Gasteiger partial charge in [0, 0.05) is 17.1 Å². The number of hydrogen-bond donors (Lipinski definition) is 1. The summed E-state index contributed by atoms with van der Waals surface area (Å²) < 4.78 is 11.2. The molecule has 0 saturated carbocycles. The SMILES string of the molecule is COc1cc(C)c(/C(O)=C2\C(=O)C(=O)N(CCOC(C)C)C2c2ccc(Cl)cc2)cc1C(C)C. The number of nitrogens with zero attached hydrogens (tertiary/aromatic N) is 1. The van der Waals surface area contributed by atoms with Crippen LogP contribution in [0.25, 0.3) is 5.76 Å². The third kappa shape index (κ3) is 5.13. The first-order chi connectivity index (χ1) is 16.1. The zero-order valence-corrected chi connectivity index (χ0v) is 21.3. The van der Waals surface area contributed by atoms with Crippen LogP contribution in [0.1, 0.15) is 61.9 Å². The van der Waals surface area contributed by atoms with Gasteiger partial charge in [-0.2, -0.15) is 0 Å². The molecule has 1 fully saturated rings. The van der Waals surface area contributed by atoms with Gasteiger partial charge in [0.2, 0.25) is 0 Å². The molecule has 1 saturated heterocycles. The number of carbonyl (C=O) groups excluding carboxylic acids is 2. The maximum Gasteiger partial charge on any atom is 0.295 e. The molecule has 1 aliphatic rings. The van der Waals surface area contributed by atoms with Crippen LogP contribution in [-0.2, 0) is 14.3 Å². The molecular weight excluding hydrogens is 454 g/mol. The number of halogens is 1. The van der Waals surface area contributed by atoms with Crippen LogP contribution in [0.2, 0.25) is 5.02 Å². The van der Waals surface area contributed by atoms with E-state index in [0.29, 0.717) is 21.9 Å². The second-order valence-electron chi connectivity index (χ2n) is 9.03. The molecule has 2 aromatic carbocycles. The molecule has 1 unspecified atom stereocenters. The number of ketones is 1. The van der Waals surface area contributed by atoms with Crippen molar-refractivity contribution in [1.29, 1.82) is 0 Å². The Morgan fingerprint density at radius 2 is 1.76 bits per heavy atom. The number of benzene rings is 2. The van der Waals surface area contributed by atoms with Crippen molar-refractivity contribution in [3.63, 3.8) is 0 Å². The van der Waals surface area contributed by atoms with Crippen molar-refractivity contribution in [2.75, 3.05) is 20.3 Å². The molecule has 0 bridgehead atoms. The number of amides is 1. The molecule has 1 atom stereocenters. The van der Waals surface area contributed by atoms with Crippen molar-refractivity contribution in [2.45, 2.75) is 52.7 Å². The molecule has 7 heteroatoms. The predicted molar refractivity (Wildman–Crippen MR) is 133 cm³/mol. The zero-order valence-electron chi connectivity index (χ0n) is 20.5. The molecule has 3 rings (SSSR count). The van der Waals surface area contributed by atoms with Crippen LogP contribution < -0.4 is 4.74 Å². The average Bonchev–Trinajstić information content (AvgIpc) is 3.03. The number of aliphatic hydroxyl groups excluding tert-OH is 1. The topological polar surface area (TPSA) is 76.1 Å². The highest BCUT2D eigenvalue weighted by Crippen LogP contribution is 2.41. The van der Waals surface area contributed by atoms with Crippen LogP contribution in [-0.4, -0.2) is 48.1 Å². The van der Waals surface area contributed by atoms with Gasteiger partial charge in [0.15, 0.2) is 0 Å². The predicted octanol–water partition coefficient (Wildman–Crippen LogP) is 5.63. The van der Waals surface area contributed by atoms with Crippen molar-refractivity contribution < 1.29 is 24.2 Å². The van der Waals surface area contributed by atoms with Gasteiger partial charge in [0.05, 0.1) is 31.4 Å². The van der Waals surface area contributed by atoms with E-state index in [1.54, 1.807) is 31.4 Å². The standard InChI is InChI=1S/C27H32ClNO5/c1-15(2)20-14-21(17(5)13-22(20)33-6)25(30)23-24(18-7-9-19(28)10-8-18)29(27(32)26(23)31)11-12-34-16(3)4/h7-10,13-16,24,30H,11-12H2,1-6H3/b25-23+. The van der Waals surface area contributed by atoms with E-state index in [1.165, 1.54) is 4.90 Å². The van der Waals surface area contributed by atoms with Crippen molar-refractivity contribution in [3.05, 3.63) is 69.2 Å². The zero-order chi connectivity index (χ0) is 25.2. The fraction of sp³-hybridized carbons (Fsp3) is 0.407. The highest BCUT2D eigenvalue weighted by atomic mass is 35.5. The summed E-state index contributed by atoms with van der Waals surface area (Å²) in [4.78, 5) is 27.8. The van der Waals surface area contributed by atoms with Crippen LogP contribution in [0.3, 0.4) is 0 Å². The number of aliphatic hydroxyl groups is 1. The second kappa shape index (κ2) is 10.6. The van der Waals surface area contributed by atoms with E-state index in [4.69, 9.17) is 21.1 Å². The molecule has 0 aromatic heterocycles. The molecule has 0 aliphatic carbocycles. The molecule has 1 aliphatic heterocycles. The lowest BCUT2D eigenvalue weighted by molar-refractivity contribution is -0.140. The normalized spacial score (nSPS) is 17.8. The summed E-state index contributed by atoms with van der Waals surface area (Å²) in [6.45, 7) is 10.2. The number of Topliss-reactive ketones (excluding diaryl/α,β-unsaturated/α-hetero) is 1. The molecule has 182 valence electrons. The number of rotatable bonds is 8. The van der Waals surface area contributed by atoms with Crippen molar-refractivity contribution >= 4 is 29.1 Å². The van der Waals surface area contributed by atoms with Gasteiger partial charge in [-0.1, -0.05) is 37.6 Å². The Balaban J connectivity index is 2.18. The fourth-order valence-electron chi connectivity index (χ4n) is 4.22. The number of methoxy groups -OCH3 is 1. The molecule has 2 aromatic rings. The first-order valence-corrected chi connectivity index (χ1v) is 11.8. The average molecular weight is 486 g/mol. The first kappa shape index (κ1) is 25.8. The monoisotopic (exact) mass is 485 g/mol. The summed E-state index contributed by atoms with van der Waals surface area (Å²) in [5, 5.41) is 12.0. The van der Waals surface area contributed by atoms with E-state index < -0.39 is 17.7 Å². The van der Waals surface area contributed by atoms with Gasteiger partial charge < -0.3 is 19.5 Å². The quantitative estimate of drug-likeness (QED) is 0.298. The fourth-order valence-corrected chi connectivity index (χ4v) is 4.34. The highest BCUT2D eigenvalue weighted by Gasteiger charge is 2.46. The number of ether oxygens (including phenoxy) is 2. The lowest BCUT2D eigenvalue weighted by Crippen LogP contribution is -2.33. The third-order valence-corrected chi connectivity index (χ3v) is 6.21. The number of aryl methyl sites for hydroxylation is 1. The Labute approximate surface area is 206 Å². The van der Waals surface area contributed by atoms with Crippen LogP contribution in [0.4, 0.5) is 0 Å². The van der Waals surface area contributed by atoms with Gasteiger partial charge in [-0.05, 0) is 67.6 Å². The molecular formula is C27H32ClNO5. The van der Waals surface area contributed by atoms with Crippen molar-refractivity contribution in [3.8, 4) is 5.75 Å². The maximum atomic E-state index is 13.2. The molecule has 0 radical (unpaired) electrons. The smallest absolute Gasteiger partial charge is 0.295 e. The largest absolute Gasteiger partial charge is 0.507 e. The molecule has 1 amide bonds. The van der Waals surface area contributed by atoms with Crippen LogP contribution >= 0.6 is 11.6 Å². The Morgan fingerprint density at radius 3 is 2.32 bits per heavy atom. The van der Waals surface area contributed by atoms with E-state index in [1.807, 2.05) is 46.8 Å². The minimum Gasteiger partial charge on any atom is -0.507 e. The summed E-state index contributed by atoms with van der Waals surface area (Å²) >= 11 is 6.08. The van der Waals surface area contributed by atoms with E-state index in [2.05, 4.69) is 0 Å². The second-order valence-corrected chi connectivity index (χ2v) is 9.46. The third-order valence-electron chi connectivity index (χ3n) is 5.96. The number of hydrogen-bond acceptors (Lipinski definition) is 5. The van der Waals surface area contributed by atoms with Crippen molar-refractivity contribution in [1.82, 2.24) is 4.90 Å². The summed E-state index contributed by atoms with van der Waals surface area (Å²) in [6, 6.07) is 9.87. The summed E-state index contributed by atoms with van der Waals surface area (Å²) in [6.07, 6.45) is -0.0118. The Morgan fingerprint density at radius 1 is 1.12 bits per heavy atom. The Hall–Kier alpha value is -2.83. The van der Waals surface area contributed by atoms with Gasteiger partial charge in [0.25, 0.3) is 11.7 Å². The van der Waals surface area contributed by atoms with Gasteiger partial charge in [-0.15, -0.1) is 0 Å². The van der Waals surface area contributed by atoms with Gasteiger partial charge in [-0.3, -0.25) is 9.59 Å². The van der Waals surface area contributed by atoms with E-state index >= 15 is 0 Å². The summed E-state index contributed by atoms with van der Waals surface area (Å²) in [5.74, 6) is -0.741. The summed E-state index contributed by atoms with van der Waals surface area (Å²) in [7, 11) is 1.60.